The van der Waals surface area contributed by atoms with Crippen molar-refractivity contribution in [2.45, 2.75) is 30.8 Å². The maximum atomic E-state index is 12.7. The standard InChI is InChI=1S/C20H22N2O2S/c1-15-6-2-3-8-18(15)19(23)22-13-20(14-22)10-17(12-25-20)24-11-16-7-4-5-9-21-16/h2-9,17H,10-14H2,1H3/t17-/m0/s1. The Bertz CT molecular complexity index is 759. The molecule has 2 aliphatic rings. The summed E-state index contributed by atoms with van der Waals surface area (Å²) in [5.74, 6) is 1.15. The highest BCUT2D eigenvalue weighted by atomic mass is 32.2. The van der Waals surface area contributed by atoms with Crippen molar-refractivity contribution in [3.8, 4) is 0 Å². The van der Waals surface area contributed by atoms with Crippen LogP contribution in [0.1, 0.15) is 28.0 Å². The van der Waals surface area contributed by atoms with Crippen LogP contribution in [0.4, 0.5) is 0 Å². The lowest BCUT2D eigenvalue weighted by Gasteiger charge is -2.47. The first-order valence-electron chi connectivity index (χ1n) is 8.66. The molecule has 1 atom stereocenters. The Kier molecular flexibility index (Phi) is 4.52. The molecule has 2 fully saturated rings. The zero-order valence-corrected chi connectivity index (χ0v) is 15.2. The zero-order chi connectivity index (χ0) is 17.3. The van der Waals surface area contributed by atoms with E-state index < -0.39 is 0 Å². The Morgan fingerprint density at radius 3 is 2.84 bits per heavy atom. The Hall–Kier alpha value is -1.85. The van der Waals surface area contributed by atoms with Crippen LogP contribution in [0.5, 0.6) is 0 Å². The van der Waals surface area contributed by atoms with Gasteiger partial charge in [-0.3, -0.25) is 9.78 Å². The molecule has 25 heavy (non-hydrogen) atoms. The van der Waals surface area contributed by atoms with Crippen LogP contribution in [0.25, 0.3) is 0 Å². The first-order chi connectivity index (χ1) is 12.2. The van der Waals surface area contributed by atoms with Crippen LogP contribution >= 0.6 is 11.8 Å². The zero-order valence-electron chi connectivity index (χ0n) is 14.4. The smallest absolute Gasteiger partial charge is 0.254 e. The minimum atomic E-state index is 0.155. The lowest BCUT2D eigenvalue weighted by molar-refractivity contribution is 0.0245. The van der Waals surface area contributed by atoms with Gasteiger partial charge >= 0.3 is 0 Å². The SMILES string of the molecule is Cc1ccccc1C(=O)N1CC2(C[C@H](OCc3ccccn3)CS2)C1. The molecule has 3 heterocycles. The van der Waals surface area contributed by atoms with Gasteiger partial charge in [0.1, 0.15) is 0 Å². The summed E-state index contributed by atoms with van der Waals surface area (Å²) in [6.45, 7) is 4.21. The summed E-state index contributed by atoms with van der Waals surface area (Å²) in [5, 5.41) is 0. The number of ether oxygens (including phenoxy) is 1. The van der Waals surface area contributed by atoms with Crippen molar-refractivity contribution in [3.05, 3.63) is 65.5 Å². The van der Waals surface area contributed by atoms with Crippen LogP contribution in [0.3, 0.4) is 0 Å². The Morgan fingerprint density at radius 2 is 2.08 bits per heavy atom. The van der Waals surface area contributed by atoms with Crippen LogP contribution in [-0.2, 0) is 11.3 Å². The van der Waals surface area contributed by atoms with Crippen molar-refractivity contribution in [1.29, 1.82) is 0 Å². The van der Waals surface area contributed by atoms with Gasteiger partial charge in [-0.1, -0.05) is 24.3 Å². The van der Waals surface area contributed by atoms with Crippen molar-refractivity contribution >= 4 is 17.7 Å². The first kappa shape index (κ1) is 16.6. The average Bonchev–Trinajstić information content (AvgIpc) is 3.04. The number of thioether (sulfide) groups is 1. The third-order valence-corrected chi connectivity index (χ3v) is 6.56. The van der Waals surface area contributed by atoms with Gasteiger partial charge in [0.2, 0.25) is 0 Å². The molecule has 0 aliphatic carbocycles. The maximum absolute atomic E-state index is 12.7. The largest absolute Gasteiger partial charge is 0.371 e. The van der Waals surface area contributed by atoms with Crippen LogP contribution in [-0.4, -0.2) is 45.5 Å². The summed E-state index contributed by atoms with van der Waals surface area (Å²) >= 11 is 1.96. The number of amides is 1. The Labute approximate surface area is 152 Å². The molecule has 2 aliphatic heterocycles. The Balaban J connectivity index is 1.30. The second-order valence-electron chi connectivity index (χ2n) is 6.93. The molecular weight excluding hydrogens is 332 g/mol. The summed E-state index contributed by atoms with van der Waals surface area (Å²) in [7, 11) is 0. The van der Waals surface area contributed by atoms with Gasteiger partial charge in [-0.15, -0.1) is 11.8 Å². The molecular formula is C20H22N2O2S. The van der Waals surface area contributed by atoms with Crippen LogP contribution in [0.15, 0.2) is 48.7 Å². The highest BCUT2D eigenvalue weighted by Crippen LogP contribution is 2.46. The molecule has 130 valence electrons. The summed E-state index contributed by atoms with van der Waals surface area (Å²) < 4.78 is 6.22. The van der Waals surface area contributed by atoms with Crippen molar-refractivity contribution in [3.63, 3.8) is 0 Å². The van der Waals surface area contributed by atoms with Gasteiger partial charge in [0, 0.05) is 30.6 Å². The molecule has 1 aromatic carbocycles. The maximum Gasteiger partial charge on any atom is 0.254 e. The lowest BCUT2D eigenvalue weighted by atomic mass is 9.91. The summed E-state index contributed by atoms with van der Waals surface area (Å²) in [6, 6.07) is 13.7. The van der Waals surface area contributed by atoms with Gasteiger partial charge < -0.3 is 9.64 Å². The highest BCUT2D eigenvalue weighted by molar-refractivity contribution is 8.01. The molecule has 0 unspecified atom stereocenters. The monoisotopic (exact) mass is 354 g/mol. The molecule has 4 rings (SSSR count). The fourth-order valence-electron chi connectivity index (χ4n) is 3.59. The second kappa shape index (κ2) is 6.81. The number of carbonyl (C=O) groups is 1. The number of carbonyl (C=O) groups excluding carboxylic acids is 1. The summed E-state index contributed by atoms with van der Waals surface area (Å²) in [4.78, 5) is 18.9. The number of aryl methyl sites for hydroxylation is 1. The van der Waals surface area contributed by atoms with E-state index in [2.05, 4.69) is 4.98 Å². The number of aromatic nitrogens is 1. The molecule has 2 saturated heterocycles. The molecule has 0 saturated carbocycles. The summed E-state index contributed by atoms with van der Waals surface area (Å²) in [5.41, 5.74) is 2.84. The molecule has 2 aromatic rings. The molecule has 1 spiro atoms. The normalized spacial score (nSPS) is 21.3. The number of likely N-dealkylation sites (tertiary alicyclic amines) is 1. The van der Waals surface area contributed by atoms with E-state index in [4.69, 9.17) is 4.74 Å². The van der Waals surface area contributed by atoms with Crippen molar-refractivity contribution in [1.82, 2.24) is 9.88 Å². The van der Waals surface area contributed by atoms with E-state index in [9.17, 15) is 4.79 Å². The number of nitrogens with zero attached hydrogens (tertiary/aromatic N) is 2. The van der Waals surface area contributed by atoms with Crippen molar-refractivity contribution < 1.29 is 9.53 Å². The van der Waals surface area contributed by atoms with Crippen molar-refractivity contribution in [2.24, 2.45) is 0 Å². The van der Waals surface area contributed by atoms with Crippen LogP contribution in [0.2, 0.25) is 0 Å². The minimum absolute atomic E-state index is 0.155. The molecule has 0 bridgehead atoms. The van der Waals surface area contributed by atoms with E-state index in [1.165, 1.54) is 0 Å². The average molecular weight is 354 g/mol. The van der Waals surface area contributed by atoms with Gasteiger partial charge in [0.05, 0.1) is 23.2 Å². The number of hydrogen-bond acceptors (Lipinski definition) is 4. The molecule has 4 nitrogen and oxygen atoms in total. The molecule has 0 N–H and O–H groups in total. The second-order valence-corrected chi connectivity index (χ2v) is 8.42. The molecule has 0 radical (unpaired) electrons. The van der Waals surface area contributed by atoms with Gasteiger partial charge in [0.15, 0.2) is 0 Å². The van der Waals surface area contributed by atoms with Crippen LogP contribution < -0.4 is 0 Å². The lowest BCUT2D eigenvalue weighted by Crippen LogP contribution is -2.60. The van der Waals surface area contributed by atoms with E-state index in [0.29, 0.717) is 6.61 Å². The minimum Gasteiger partial charge on any atom is -0.371 e. The number of benzene rings is 1. The van der Waals surface area contributed by atoms with E-state index in [1.54, 1.807) is 6.20 Å². The first-order valence-corrected chi connectivity index (χ1v) is 9.64. The predicted molar refractivity (Wildman–Crippen MR) is 99.7 cm³/mol. The van der Waals surface area contributed by atoms with Crippen molar-refractivity contribution in [2.75, 3.05) is 18.8 Å². The number of rotatable bonds is 4. The fraction of sp³-hybridized carbons (Fsp3) is 0.400. The third-order valence-electron chi connectivity index (χ3n) is 4.99. The van der Waals surface area contributed by atoms with Gasteiger partial charge in [-0.25, -0.2) is 0 Å². The number of pyridine rings is 1. The molecule has 1 amide bonds. The van der Waals surface area contributed by atoms with E-state index in [1.807, 2.05) is 66.1 Å². The van der Waals surface area contributed by atoms with E-state index in [-0.39, 0.29) is 16.8 Å². The van der Waals surface area contributed by atoms with Crippen LogP contribution in [0, 0.1) is 6.92 Å². The topological polar surface area (TPSA) is 42.4 Å². The highest BCUT2D eigenvalue weighted by Gasteiger charge is 2.51. The quantitative estimate of drug-likeness (QED) is 0.845. The molecule has 1 aromatic heterocycles. The predicted octanol–water partition coefficient (Wildman–Crippen LogP) is 3.31. The summed E-state index contributed by atoms with van der Waals surface area (Å²) in [6.07, 6.45) is 3.06. The fourth-order valence-corrected chi connectivity index (χ4v) is 5.14. The van der Waals surface area contributed by atoms with E-state index >= 15 is 0 Å². The number of hydrogen-bond donors (Lipinski definition) is 0. The van der Waals surface area contributed by atoms with Gasteiger partial charge in [-0.2, -0.15) is 0 Å². The third kappa shape index (κ3) is 3.44. The Morgan fingerprint density at radius 1 is 1.28 bits per heavy atom. The van der Waals surface area contributed by atoms with Gasteiger partial charge in [0.25, 0.3) is 5.91 Å². The molecule has 5 heteroatoms. The van der Waals surface area contributed by atoms with E-state index in [0.717, 1.165) is 42.1 Å². The van der Waals surface area contributed by atoms with Gasteiger partial charge in [-0.05, 0) is 37.1 Å².